The Morgan fingerprint density at radius 1 is 1.05 bits per heavy atom. The van der Waals surface area contributed by atoms with Gasteiger partial charge in [-0.2, -0.15) is 0 Å². The second kappa shape index (κ2) is 6.47. The summed E-state index contributed by atoms with van der Waals surface area (Å²) in [5.74, 6) is 0.228. The van der Waals surface area contributed by atoms with E-state index in [1.165, 1.54) is 12.1 Å². The molecule has 0 bridgehead atoms. The minimum Gasteiger partial charge on any atom is -0.489 e. The molecule has 0 aliphatic carbocycles. The van der Waals surface area contributed by atoms with Gasteiger partial charge < -0.3 is 4.74 Å². The quantitative estimate of drug-likeness (QED) is 0.681. The molecule has 19 heavy (non-hydrogen) atoms. The average molecular weight is 320 g/mol. The maximum Gasteiger partial charge on any atom is 0.127 e. The standard InChI is InChI=1S/C14H10Cl3FO/c15-7-9-4-10(18)6-11(5-9)19-8-12-13(16)2-1-3-14(12)17/h1-6H,7-8H2. The zero-order chi connectivity index (χ0) is 13.8. The molecule has 0 amide bonds. The third-order valence-corrected chi connectivity index (χ3v) is 3.55. The second-order valence-electron chi connectivity index (χ2n) is 3.92. The molecule has 100 valence electrons. The van der Waals surface area contributed by atoms with Crippen LogP contribution in [0.4, 0.5) is 4.39 Å². The summed E-state index contributed by atoms with van der Waals surface area (Å²) in [6.45, 7) is 0.170. The number of alkyl halides is 1. The van der Waals surface area contributed by atoms with Gasteiger partial charge in [0.2, 0.25) is 0 Å². The van der Waals surface area contributed by atoms with Crippen molar-refractivity contribution in [2.75, 3.05) is 0 Å². The molecule has 0 saturated heterocycles. The Kier molecular flexibility index (Phi) is 4.92. The van der Waals surface area contributed by atoms with Gasteiger partial charge in [-0.05, 0) is 29.8 Å². The van der Waals surface area contributed by atoms with Crippen LogP contribution < -0.4 is 4.74 Å². The average Bonchev–Trinajstić information content (AvgIpc) is 2.37. The van der Waals surface area contributed by atoms with E-state index >= 15 is 0 Å². The molecule has 2 aromatic rings. The van der Waals surface area contributed by atoms with Crippen molar-refractivity contribution >= 4 is 34.8 Å². The van der Waals surface area contributed by atoms with Gasteiger partial charge in [0.05, 0.1) is 0 Å². The van der Waals surface area contributed by atoms with Crippen LogP contribution in [0.15, 0.2) is 36.4 Å². The lowest BCUT2D eigenvalue weighted by Gasteiger charge is -2.10. The molecule has 0 heterocycles. The van der Waals surface area contributed by atoms with Crippen LogP contribution in [0, 0.1) is 5.82 Å². The fraction of sp³-hybridized carbons (Fsp3) is 0.143. The highest BCUT2D eigenvalue weighted by Crippen LogP contribution is 2.26. The van der Waals surface area contributed by atoms with Crippen LogP contribution >= 0.6 is 34.8 Å². The van der Waals surface area contributed by atoms with Crippen molar-refractivity contribution in [3.63, 3.8) is 0 Å². The zero-order valence-corrected chi connectivity index (χ0v) is 12.1. The molecule has 1 nitrogen and oxygen atoms in total. The highest BCUT2D eigenvalue weighted by atomic mass is 35.5. The van der Waals surface area contributed by atoms with Crippen molar-refractivity contribution in [1.82, 2.24) is 0 Å². The van der Waals surface area contributed by atoms with Gasteiger partial charge in [-0.25, -0.2) is 4.39 Å². The van der Waals surface area contributed by atoms with Gasteiger partial charge in [-0.1, -0.05) is 29.3 Å². The summed E-state index contributed by atoms with van der Waals surface area (Å²) in [6.07, 6.45) is 0. The van der Waals surface area contributed by atoms with E-state index in [0.29, 0.717) is 26.9 Å². The lowest BCUT2D eigenvalue weighted by molar-refractivity contribution is 0.304. The molecule has 2 rings (SSSR count). The molecule has 0 fully saturated rings. The number of rotatable bonds is 4. The lowest BCUT2D eigenvalue weighted by atomic mass is 10.2. The van der Waals surface area contributed by atoms with E-state index in [4.69, 9.17) is 39.5 Å². The van der Waals surface area contributed by atoms with E-state index in [2.05, 4.69) is 0 Å². The van der Waals surface area contributed by atoms with Crippen molar-refractivity contribution in [2.24, 2.45) is 0 Å². The topological polar surface area (TPSA) is 9.23 Å². The number of benzene rings is 2. The maximum atomic E-state index is 13.3. The summed E-state index contributed by atoms with van der Waals surface area (Å²) in [6, 6.07) is 9.54. The van der Waals surface area contributed by atoms with Crippen LogP contribution in [0.3, 0.4) is 0 Å². The van der Waals surface area contributed by atoms with Crippen LogP contribution in [0.2, 0.25) is 10.0 Å². The van der Waals surface area contributed by atoms with Gasteiger partial charge >= 0.3 is 0 Å². The summed E-state index contributed by atoms with van der Waals surface area (Å²) >= 11 is 17.7. The lowest BCUT2D eigenvalue weighted by Crippen LogP contribution is -1.98. The van der Waals surface area contributed by atoms with Crippen LogP contribution in [0.25, 0.3) is 0 Å². The van der Waals surface area contributed by atoms with Gasteiger partial charge in [0.15, 0.2) is 0 Å². The fourth-order valence-corrected chi connectivity index (χ4v) is 2.27. The zero-order valence-electron chi connectivity index (χ0n) is 9.80. The molecule has 0 N–H and O–H groups in total. The number of halogens is 4. The Hall–Kier alpha value is -0.960. The first kappa shape index (κ1) is 14.4. The summed E-state index contributed by atoms with van der Waals surface area (Å²) in [5.41, 5.74) is 1.32. The summed E-state index contributed by atoms with van der Waals surface area (Å²) in [5, 5.41) is 1.03. The minimum absolute atomic E-state index is 0.170. The summed E-state index contributed by atoms with van der Waals surface area (Å²) in [7, 11) is 0. The van der Waals surface area contributed by atoms with E-state index in [0.717, 1.165) is 0 Å². The Bertz CT molecular complexity index is 567. The minimum atomic E-state index is -0.390. The predicted octanol–water partition coefficient (Wildman–Crippen LogP) is 5.45. The van der Waals surface area contributed by atoms with Gasteiger partial charge in [0.25, 0.3) is 0 Å². The molecule has 0 aliphatic heterocycles. The molecule has 0 unspecified atom stereocenters. The molecule has 0 aromatic heterocycles. The van der Waals surface area contributed by atoms with E-state index < -0.39 is 5.82 Å². The van der Waals surface area contributed by atoms with Gasteiger partial charge in [-0.15, -0.1) is 11.6 Å². The first-order valence-corrected chi connectivity index (χ1v) is 6.80. The Morgan fingerprint density at radius 3 is 2.37 bits per heavy atom. The predicted molar refractivity (Wildman–Crippen MR) is 76.8 cm³/mol. The van der Waals surface area contributed by atoms with E-state index in [-0.39, 0.29) is 12.5 Å². The smallest absolute Gasteiger partial charge is 0.127 e. The first-order chi connectivity index (χ1) is 9.10. The van der Waals surface area contributed by atoms with Crippen molar-refractivity contribution in [2.45, 2.75) is 12.5 Å². The van der Waals surface area contributed by atoms with Gasteiger partial charge in [-0.3, -0.25) is 0 Å². The maximum absolute atomic E-state index is 13.3. The van der Waals surface area contributed by atoms with Crippen LogP contribution in [0.5, 0.6) is 5.75 Å². The summed E-state index contributed by atoms with van der Waals surface area (Å²) in [4.78, 5) is 0. The molecular formula is C14H10Cl3FO. The molecule has 0 spiro atoms. The molecule has 0 aliphatic rings. The highest BCUT2D eigenvalue weighted by Gasteiger charge is 2.07. The number of hydrogen-bond donors (Lipinski definition) is 0. The van der Waals surface area contributed by atoms with Crippen molar-refractivity contribution in [3.8, 4) is 5.75 Å². The normalized spacial score (nSPS) is 10.5. The van der Waals surface area contributed by atoms with E-state index in [9.17, 15) is 4.39 Å². The monoisotopic (exact) mass is 318 g/mol. The van der Waals surface area contributed by atoms with Crippen molar-refractivity contribution in [1.29, 1.82) is 0 Å². The summed E-state index contributed by atoms with van der Waals surface area (Å²) < 4.78 is 18.8. The van der Waals surface area contributed by atoms with Gasteiger partial charge in [0.1, 0.15) is 18.2 Å². The Morgan fingerprint density at radius 2 is 1.74 bits per heavy atom. The Balaban J connectivity index is 2.16. The highest BCUT2D eigenvalue weighted by molar-refractivity contribution is 6.35. The van der Waals surface area contributed by atoms with Crippen molar-refractivity contribution in [3.05, 3.63) is 63.4 Å². The molecule has 0 saturated carbocycles. The van der Waals surface area contributed by atoms with E-state index in [1.807, 2.05) is 0 Å². The third-order valence-electron chi connectivity index (χ3n) is 2.53. The molecule has 2 aromatic carbocycles. The van der Waals surface area contributed by atoms with Gasteiger partial charge in [0, 0.05) is 27.6 Å². The molecule has 0 radical (unpaired) electrons. The van der Waals surface area contributed by atoms with Crippen LogP contribution in [0.1, 0.15) is 11.1 Å². The SMILES string of the molecule is Fc1cc(CCl)cc(OCc2c(Cl)cccc2Cl)c1. The largest absolute Gasteiger partial charge is 0.489 e. The molecular weight excluding hydrogens is 310 g/mol. The molecule has 5 heteroatoms. The Labute approximate surface area is 125 Å². The first-order valence-electron chi connectivity index (χ1n) is 5.51. The number of hydrogen-bond acceptors (Lipinski definition) is 1. The van der Waals surface area contributed by atoms with Crippen LogP contribution in [-0.4, -0.2) is 0 Å². The van der Waals surface area contributed by atoms with Crippen LogP contribution in [-0.2, 0) is 12.5 Å². The van der Waals surface area contributed by atoms with E-state index in [1.54, 1.807) is 24.3 Å². The second-order valence-corrected chi connectivity index (χ2v) is 5.00. The third kappa shape index (κ3) is 3.75. The number of ether oxygens (including phenoxy) is 1. The van der Waals surface area contributed by atoms with Crippen molar-refractivity contribution < 1.29 is 9.13 Å². The fourth-order valence-electron chi connectivity index (χ4n) is 1.61. The molecule has 0 atom stereocenters.